The number of rotatable bonds is 5. The first-order chi connectivity index (χ1) is 17.0. The first-order valence-electron chi connectivity index (χ1n) is 10.7. The summed E-state index contributed by atoms with van der Waals surface area (Å²) in [5, 5.41) is 16.1. The molecule has 0 atom stereocenters. The van der Waals surface area contributed by atoms with Gasteiger partial charge in [0, 0.05) is 4.88 Å². The number of anilines is 1. The van der Waals surface area contributed by atoms with Crippen molar-refractivity contribution in [3.05, 3.63) is 81.5 Å². The molecule has 0 fully saturated rings. The molecule has 35 heavy (non-hydrogen) atoms. The average Bonchev–Trinajstić information content (AvgIpc) is 3.22. The Kier molecular flexibility index (Phi) is 7.28. The van der Waals surface area contributed by atoms with E-state index in [0.29, 0.717) is 16.1 Å². The highest BCUT2D eigenvalue weighted by atomic mass is 32.1. The lowest BCUT2D eigenvalue weighted by molar-refractivity contribution is -0.136. The summed E-state index contributed by atoms with van der Waals surface area (Å²) in [6.07, 6.45) is 4.99. The minimum atomic E-state index is -0.980. The topological polar surface area (TPSA) is 121 Å². The van der Waals surface area contributed by atoms with E-state index in [1.54, 1.807) is 12.1 Å². The molecule has 0 aliphatic heterocycles. The summed E-state index contributed by atoms with van der Waals surface area (Å²) in [4.78, 5) is 37.5. The quantitative estimate of drug-likeness (QED) is 0.184. The molecule has 0 radical (unpaired) electrons. The smallest absolute Gasteiger partial charge is 0.346 e. The third-order valence-corrected chi connectivity index (χ3v) is 6.49. The van der Waals surface area contributed by atoms with Crippen LogP contribution in [0.15, 0.2) is 53.6 Å². The lowest BCUT2D eigenvalue weighted by Crippen LogP contribution is -2.32. The molecule has 10 heteroatoms. The van der Waals surface area contributed by atoms with Crippen LogP contribution in [-0.4, -0.2) is 24.0 Å². The molecule has 2 aromatic carbocycles. The second kappa shape index (κ2) is 10.7. The second-order valence-electron chi connectivity index (χ2n) is 7.62. The molecule has 1 heterocycles. The second-order valence-corrected chi connectivity index (χ2v) is 8.72. The molecule has 0 saturated carbocycles. The number of amides is 2. The van der Waals surface area contributed by atoms with E-state index in [1.165, 1.54) is 53.9 Å². The highest BCUT2D eigenvalue weighted by molar-refractivity contribution is 7.16. The van der Waals surface area contributed by atoms with Crippen LogP contribution in [0.3, 0.4) is 0 Å². The number of fused-ring (bicyclic) bond motifs is 1. The number of benzene rings is 2. The van der Waals surface area contributed by atoms with Crippen LogP contribution in [0.1, 0.15) is 44.8 Å². The fourth-order valence-electron chi connectivity index (χ4n) is 3.56. The van der Waals surface area contributed by atoms with Crippen LogP contribution in [0.25, 0.3) is 0 Å². The van der Waals surface area contributed by atoms with Crippen LogP contribution in [-0.2, 0) is 22.4 Å². The highest BCUT2D eigenvalue weighted by Crippen LogP contribution is 2.37. The molecule has 0 saturated heterocycles. The Morgan fingerprint density at radius 2 is 1.80 bits per heavy atom. The van der Waals surface area contributed by atoms with Crippen LogP contribution < -0.4 is 15.5 Å². The molecule has 2 N–H and O–H groups in total. The number of hydrogen-bond donors (Lipinski definition) is 2. The molecule has 1 aliphatic carbocycles. The predicted molar refractivity (Wildman–Crippen MR) is 128 cm³/mol. The zero-order valence-electron chi connectivity index (χ0n) is 18.3. The summed E-state index contributed by atoms with van der Waals surface area (Å²) in [7, 11) is 0. The van der Waals surface area contributed by atoms with Gasteiger partial charge in [-0.3, -0.25) is 9.59 Å². The summed E-state index contributed by atoms with van der Waals surface area (Å²) >= 11 is 1.33. The summed E-state index contributed by atoms with van der Waals surface area (Å²) in [5.74, 6) is -3.21. The van der Waals surface area contributed by atoms with E-state index in [4.69, 9.17) is 4.74 Å². The van der Waals surface area contributed by atoms with Crippen molar-refractivity contribution in [1.82, 2.24) is 5.43 Å². The van der Waals surface area contributed by atoms with Gasteiger partial charge < -0.3 is 10.1 Å². The van der Waals surface area contributed by atoms with Crippen molar-refractivity contribution in [3.8, 4) is 11.8 Å². The van der Waals surface area contributed by atoms with E-state index in [9.17, 15) is 24.0 Å². The van der Waals surface area contributed by atoms with Gasteiger partial charge in [0.15, 0.2) is 0 Å². The van der Waals surface area contributed by atoms with Gasteiger partial charge in [0.25, 0.3) is 0 Å². The molecule has 176 valence electrons. The Labute approximate surface area is 204 Å². The summed E-state index contributed by atoms with van der Waals surface area (Å²) < 4.78 is 18.8. The molecule has 8 nitrogen and oxygen atoms in total. The summed E-state index contributed by atoms with van der Waals surface area (Å²) in [5.41, 5.74) is 3.89. The molecule has 1 aliphatic rings. The van der Waals surface area contributed by atoms with Gasteiger partial charge in [0.05, 0.1) is 17.3 Å². The van der Waals surface area contributed by atoms with E-state index < -0.39 is 23.6 Å². The van der Waals surface area contributed by atoms with Crippen LogP contribution in [0.5, 0.6) is 5.75 Å². The molecular formula is C25H19FN4O4S. The number of ether oxygens (including phenoxy) is 1. The van der Waals surface area contributed by atoms with E-state index in [1.807, 2.05) is 0 Å². The van der Waals surface area contributed by atoms with Gasteiger partial charge >= 0.3 is 17.8 Å². The van der Waals surface area contributed by atoms with Gasteiger partial charge in [0.2, 0.25) is 0 Å². The zero-order chi connectivity index (χ0) is 24.8. The van der Waals surface area contributed by atoms with Gasteiger partial charge in [-0.15, -0.1) is 11.3 Å². The fraction of sp³-hybridized carbons (Fsp3) is 0.160. The number of halogens is 1. The minimum absolute atomic E-state index is 0.177. The van der Waals surface area contributed by atoms with Crippen molar-refractivity contribution in [1.29, 1.82) is 5.26 Å². The minimum Gasteiger partial charge on any atom is -0.423 e. The average molecular weight is 491 g/mol. The lowest BCUT2D eigenvalue weighted by Gasteiger charge is -2.09. The van der Waals surface area contributed by atoms with E-state index in [0.717, 1.165) is 36.1 Å². The molecule has 1 aromatic heterocycles. The molecular weight excluding hydrogens is 471 g/mol. The van der Waals surface area contributed by atoms with Gasteiger partial charge in [-0.2, -0.15) is 10.4 Å². The van der Waals surface area contributed by atoms with Gasteiger partial charge in [-0.05, 0) is 73.2 Å². The number of hydrogen-bond acceptors (Lipinski definition) is 7. The van der Waals surface area contributed by atoms with Gasteiger partial charge in [-0.1, -0.05) is 12.1 Å². The molecule has 2 amide bonds. The molecule has 0 bridgehead atoms. The zero-order valence-corrected chi connectivity index (χ0v) is 19.2. The Hall–Kier alpha value is -4.36. The monoisotopic (exact) mass is 490 g/mol. The first-order valence-corrected chi connectivity index (χ1v) is 11.5. The summed E-state index contributed by atoms with van der Waals surface area (Å²) in [6.45, 7) is 0. The van der Waals surface area contributed by atoms with E-state index in [2.05, 4.69) is 21.9 Å². The maximum absolute atomic E-state index is 13.7. The Balaban J connectivity index is 1.31. The molecule has 0 spiro atoms. The van der Waals surface area contributed by atoms with E-state index >= 15 is 0 Å². The van der Waals surface area contributed by atoms with Crippen LogP contribution in [0, 0.1) is 17.1 Å². The maximum atomic E-state index is 13.7. The number of aryl methyl sites for hydroxylation is 1. The Morgan fingerprint density at radius 1 is 1.06 bits per heavy atom. The number of thiophene rings is 1. The number of nitrogens with zero attached hydrogens (tertiary/aromatic N) is 2. The van der Waals surface area contributed by atoms with Crippen LogP contribution in [0.2, 0.25) is 0 Å². The lowest BCUT2D eigenvalue weighted by atomic mass is 9.96. The van der Waals surface area contributed by atoms with Gasteiger partial charge in [-0.25, -0.2) is 14.6 Å². The van der Waals surface area contributed by atoms with Crippen molar-refractivity contribution in [3.63, 3.8) is 0 Å². The Bertz CT molecular complexity index is 1360. The molecule has 3 aromatic rings. The standard InChI is InChI=1S/C25H19FN4O4S/c26-20-7-3-1-6-18(20)25(33)34-16-11-9-15(10-12-16)14-28-30-23(32)22(31)29-24-19(13-27)17-5-2-4-8-21(17)35-24/h1,3,6-7,9-12,14H,2,4-5,8H2,(H,29,31)(H,30,32)/b28-14+. The first kappa shape index (κ1) is 23.8. The number of hydrazone groups is 1. The number of nitriles is 1. The third-order valence-electron chi connectivity index (χ3n) is 5.28. The highest BCUT2D eigenvalue weighted by Gasteiger charge is 2.23. The van der Waals surface area contributed by atoms with Crippen molar-refractivity contribution >= 4 is 40.3 Å². The number of carbonyl (C=O) groups excluding carboxylic acids is 3. The van der Waals surface area contributed by atoms with Crippen molar-refractivity contribution in [2.75, 3.05) is 5.32 Å². The fourth-order valence-corrected chi connectivity index (χ4v) is 4.79. The van der Waals surface area contributed by atoms with E-state index in [-0.39, 0.29) is 11.3 Å². The number of nitrogens with one attached hydrogen (secondary N) is 2. The summed E-state index contributed by atoms with van der Waals surface area (Å²) in [6, 6.07) is 13.7. The van der Waals surface area contributed by atoms with Crippen molar-refractivity contribution in [2.24, 2.45) is 5.10 Å². The maximum Gasteiger partial charge on any atom is 0.346 e. The predicted octanol–water partition coefficient (Wildman–Crippen LogP) is 3.95. The molecule has 4 rings (SSSR count). The molecule has 0 unspecified atom stereocenters. The van der Waals surface area contributed by atoms with Crippen molar-refractivity contribution in [2.45, 2.75) is 25.7 Å². The number of esters is 1. The normalized spacial score (nSPS) is 12.5. The largest absolute Gasteiger partial charge is 0.423 e. The SMILES string of the molecule is N#Cc1c(NC(=O)C(=O)N/N=C/c2ccc(OC(=O)c3ccccc3F)cc2)sc2c1CCCC2. The van der Waals surface area contributed by atoms with Crippen LogP contribution >= 0.6 is 11.3 Å². The number of carbonyl (C=O) groups is 3. The third kappa shape index (κ3) is 5.59. The Morgan fingerprint density at radius 3 is 2.54 bits per heavy atom. The van der Waals surface area contributed by atoms with Crippen molar-refractivity contribution < 1.29 is 23.5 Å². The van der Waals surface area contributed by atoms with Gasteiger partial charge in [0.1, 0.15) is 22.6 Å². The van der Waals surface area contributed by atoms with Crippen LogP contribution in [0.4, 0.5) is 9.39 Å².